The molecule has 0 unspecified atom stereocenters. The van der Waals surface area contributed by atoms with E-state index in [1.165, 1.54) is 25.7 Å². The quantitative estimate of drug-likeness (QED) is 0.904. The SMILES string of the molecule is Cn1cc(N2CCC[C@H](NC(=O)N3C[C@@H]4CCCC[C@H]4C3)C2)cn1. The van der Waals surface area contributed by atoms with Gasteiger partial charge in [-0.2, -0.15) is 5.10 Å². The maximum absolute atomic E-state index is 12.7. The first-order valence-corrected chi connectivity index (χ1v) is 9.48. The molecular formula is C18H29N5O. The molecule has 3 aliphatic rings. The fourth-order valence-electron chi connectivity index (χ4n) is 4.74. The van der Waals surface area contributed by atoms with Crippen LogP contribution >= 0.6 is 0 Å². The van der Waals surface area contributed by atoms with Gasteiger partial charge in [0.15, 0.2) is 0 Å². The lowest BCUT2D eigenvalue weighted by Gasteiger charge is -2.34. The lowest BCUT2D eigenvalue weighted by molar-refractivity contribution is 0.200. The van der Waals surface area contributed by atoms with E-state index in [9.17, 15) is 4.79 Å². The van der Waals surface area contributed by atoms with Gasteiger partial charge in [0, 0.05) is 45.5 Å². The summed E-state index contributed by atoms with van der Waals surface area (Å²) in [7, 11) is 1.94. The molecule has 3 atom stereocenters. The van der Waals surface area contributed by atoms with Crippen LogP contribution < -0.4 is 10.2 Å². The second kappa shape index (κ2) is 6.65. The Labute approximate surface area is 144 Å². The largest absolute Gasteiger partial charge is 0.367 e. The Balaban J connectivity index is 1.32. The maximum atomic E-state index is 12.7. The Morgan fingerprint density at radius 1 is 1.12 bits per heavy atom. The number of piperidine rings is 1. The fourth-order valence-corrected chi connectivity index (χ4v) is 4.74. The summed E-state index contributed by atoms with van der Waals surface area (Å²) in [5, 5.41) is 7.56. The first kappa shape index (κ1) is 15.8. The van der Waals surface area contributed by atoms with Crippen LogP contribution in [0, 0.1) is 11.8 Å². The van der Waals surface area contributed by atoms with Crippen molar-refractivity contribution in [2.24, 2.45) is 18.9 Å². The highest BCUT2D eigenvalue weighted by Gasteiger charge is 2.37. The number of rotatable bonds is 2. The van der Waals surface area contributed by atoms with E-state index in [4.69, 9.17) is 0 Å². The van der Waals surface area contributed by atoms with Gasteiger partial charge in [-0.25, -0.2) is 4.79 Å². The summed E-state index contributed by atoms with van der Waals surface area (Å²) in [6.45, 7) is 3.87. The summed E-state index contributed by atoms with van der Waals surface area (Å²) in [5.41, 5.74) is 1.16. The molecule has 4 rings (SSSR count). The number of aryl methyl sites for hydroxylation is 1. The van der Waals surface area contributed by atoms with E-state index < -0.39 is 0 Å². The summed E-state index contributed by atoms with van der Waals surface area (Å²) in [5.74, 6) is 1.51. The molecule has 2 amide bonds. The third-order valence-electron chi connectivity index (χ3n) is 6.07. The summed E-state index contributed by atoms with van der Waals surface area (Å²) < 4.78 is 1.84. The number of urea groups is 1. The van der Waals surface area contributed by atoms with E-state index >= 15 is 0 Å². The van der Waals surface area contributed by atoms with Crippen LogP contribution in [0.5, 0.6) is 0 Å². The second-order valence-electron chi connectivity index (χ2n) is 7.82. The van der Waals surface area contributed by atoms with E-state index in [-0.39, 0.29) is 12.1 Å². The van der Waals surface area contributed by atoms with Gasteiger partial charge < -0.3 is 15.1 Å². The summed E-state index contributed by atoms with van der Waals surface area (Å²) in [6.07, 6.45) is 11.5. The van der Waals surface area contributed by atoms with Crippen molar-refractivity contribution in [1.82, 2.24) is 20.0 Å². The van der Waals surface area contributed by atoms with Crippen molar-refractivity contribution in [2.75, 3.05) is 31.1 Å². The van der Waals surface area contributed by atoms with E-state index in [1.54, 1.807) is 0 Å². The number of nitrogens with one attached hydrogen (secondary N) is 1. The van der Waals surface area contributed by atoms with Gasteiger partial charge >= 0.3 is 6.03 Å². The molecule has 1 aromatic heterocycles. The van der Waals surface area contributed by atoms with Crippen molar-refractivity contribution in [1.29, 1.82) is 0 Å². The number of likely N-dealkylation sites (tertiary alicyclic amines) is 1. The molecule has 6 nitrogen and oxygen atoms in total. The standard InChI is InChI=1S/C18H29N5O/c1-21-13-17(9-19-21)22-8-4-7-16(12-22)20-18(24)23-10-14-5-2-3-6-15(14)11-23/h9,13-16H,2-8,10-12H2,1H3,(H,20,24)/t14-,15-,16-/m0/s1. The van der Waals surface area contributed by atoms with Gasteiger partial charge in [0.25, 0.3) is 0 Å². The molecule has 1 aliphatic carbocycles. The number of carbonyl (C=O) groups is 1. The zero-order valence-electron chi connectivity index (χ0n) is 14.7. The number of carbonyl (C=O) groups excluding carboxylic acids is 1. The summed E-state index contributed by atoms with van der Waals surface area (Å²) in [6, 6.07) is 0.400. The molecule has 132 valence electrons. The molecule has 6 heteroatoms. The number of amides is 2. The van der Waals surface area contributed by atoms with Crippen molar-refractivity contribution >= 4 is 11.7 Å². The third kappa shape index (κ3) is 3.23. The normalized spacial score (nSPS) is 30.3. The zero-order chi connectivity index (χ0) is 16.5. The third-order valence-corrected chi connectivity index (χ3v) is 6.07. The Hall–Kier alpha value is -1.72. The van der Waals surface area contributed by atoms with Crippen LogP contribution in [0.2, 0.25) is 0 Å². The molecule has 0 aromatic carbocycles. The van der Waals surface area contributed by atoms with Crippen LogP contribution in [0.3, 0.4) is 0 Å². The molecule has 0 spiro atoms. The molecule has 1 N–H and O–H groups in total. The second-order valence-corrected chi connectivity index (χ2v) is 7.82. The average Bonchev–Trinajstić information content (AvgIpc) is 3.21. The van der Waals surface area contributed by atoms with Crippen molar-refractivity contribution < 1.29 is 4.79 Å². The topological polar surface area (TPSA) is 53.4 Å². The predicted molar refractivity (Wildman–Crippen MR) is 94.0 cm³/mol. The first-order chi connectivity index (χ1) is 11.7. The maximum Gasteiger partial charge on any atom is 0.317 e. The van der Waals surface area contributed by atoms with Gasteiger partial charge in [-0.3, -0.25) is 4.68 Å². The van der Waals surface area contributed by atoms with Gasteiger partial charge in [0.1, 0.15) is 0 Å². The van der Waals surface area contributed by atoms with Gasteiger partial charge in [-0.1, -0.05) is 12.8 Å². The van der Waals surface area contributed by atoms with Crippen LogP contribution in [-0.4, -0.2) is 52.9 Å². The van der Waals surface area contributed by atoms with Gasteiger partial charge in [0.05, 0.1) is 11.9 Å². The lowest BCUT2D eigenvalue weighted by Crippen LogP contribution is -2.51. The minimum absolute atomic E-state index is 0.155. The van der Waals surface area contributed by atoms with Crippen LogP contribution in [-0.2, 0) is 7.05 Å². The van der Waals surface area contributed by atoms with Crippen LogP contribution in [0.25, 0.3) is 0 Å². The smallest absolute Gasteiger partial charge is 0.317 e. The van der Waals surface area contributed by atoms with E-state index in [2.05, 4.69) is 26.4 Å². The number of nitrogens with zero attached hydrogens (tertiary/aromatic N) is 4. The average molecular weight is 331 g/mol. The summed E-state index contributed by atoms with van der Waals surface area (Å²) in [4.78, 5) is 17.1. The Bertz CT molecular complexity index is 572. The minimum atomic E-state index is 0.155. The number of hydrogen-bond acceptors (Lipinski definition) is 3. The van der Waals surface area contributed by atoms with Gasteiger partial charge in [-0.15, -0.1) is 0 Å². The highest BCUT2D eigenvalue weighted by atomic mass is 16.2. The predicted octanol–water partition coefficient (Wildman–Crippen LogP) is 2.22. The molecule has 2 saturated heterocycles. The van der Waals surface area contributed by atoms with Crippen LogP contribution in [0.4, 0.5) is 10.5 Å². The number of hydrogen-bond donors (Lipinski definition) is 1. The van der Waals surface area contributed by atoms with Crippen LogP contribution in [0.15, 0.2) is 12.4 Å². The van der Waals surface area contributed by atoms with Crippen molar-refractivity contribution in [3.05, 3.63) is 12.4 Å². The first-order valence-electron chi connectivity index (χ1n) is 9.48. The number of aromatic nitrogens is 2. The summed E-state index contributed by atoms with van der Waals surface area (Å²) >= 11 is 0. The molecule has 3 fully saturated rings. The fraction of sp³-hybridized carbons (Fsp3) is 0.778. The molecule has 2 aliphatic heterocycles. The zero-order valence-corrected chi connectivity index (χ0v) is 14.7. The van der Waals surface area contributed by atoms with E-state index in [0.29, 0.717) is 0 Å². The Kier molecular flexibility index (Phi) is 4.37. The molecule has 24 heavy (non-hydrogen) atoms. The van der Waals surface area contributed by atoms with Gasteiger partial charge in [0.2, 0.25) is 0 Å². The lowest BCUT2D eigenvalue weighted by atomic mass is 9.82. The van der Waals surface area contributed by atoms with Crippen molar-refractivity contribution in [3.8, 4) is 0 Å². The Morgan fingerprint density at radius 2 is 1.88 bits per heavy atom. The van der Waals surface area contributed by atoms with Crippen molar-refractivity contribution in [2.45, 2.75) is 44.6 Å². The molecular weight excluding hydrogens is 302 g/mol. The monoisotopic (exact) mass is 331 g/mol. The number of anilines is 1. The molecule has 1 aromatic rings. The molecule has 0 radical (unpaired) electrons. The van der Waals surface area contributed by atoms with Crippen molar-refractivity contribution in [3.63, 3.8) is 0 Å². The minimum Gasteiger partial charge on any atom is -0.367 e. The highest BCUT2D eigenvalue weighted by Crippen LogP contribution is 2.36. The van der Waals surface area contributed by atoms with E-state index in [0.717, 1.165) is 56.5 Å². The molecule has 3 heterocycles. The molecule has 0 bridgehead atoms. The molecule has 1 saturated carbocycles. The van der Waals surface area contributed by atoms with E-state index in [1.807, 2.05) is 17.9 Å². The highest BCUT2D eigenvalue weighted by molar-refractivity contribution is 5.75. The number of fused-ring (bicyclic) bond motifs is 1. The van der Waals surface area contributed by atoms with Crippen LogP contribution in [0.1, 0.15) is 38.5 Å². The Morgan fingerprint density at radius 3 is 2.54 bits per heavy atom. The van der Waals surface area contributed by atoms with Gasteiger partial charge in [-0.05, 0) is 37.5 Å².